The van der Waals surface area contributed by atoms with Crippen molar-refractivity contribution in [1.29, 1.82) is 0 Å². The van der Waals surface area contributed by atoms with Crippen molar-refractivity contribution in [3.05, 3.63) is 56.2 Å². The van der Waals surface area contributed by atoms with Gasteiger partial charge in [0.15, 0.2) is 0 Å². The third kappa shape index (κ3) is 3.16. The number of pyridine rings is 1. The van der Waals surface area contributed by atoms with Gasteiger partial charge in [0.2, 0.25) is 0 Å². The third-order valence-corrected chi connectivity index (χ3v) is 3.98. The molecule has 0 aliphatic rings. The molecule has 2 rings (SSSR count). The van der Waals surface area contributed by atoms with Crippen LogP contribution in [0.3, 0.4) is 0 Å². The van der Waals surface area contributed by atoms with Gasteiger partial charge in [-0.25, -0.2) is 0 Å². The lowest BCUT2D eigenvalue weighted by Crippen LogP contribution is -2.01. The van der Waals surface area contributed by atoms with Crippen LogP contribution in [0.2, 0.25) is 10.0 Å². The molecular weight excluding hydrogens is 335 g/mol. The molecule has 94 valence electrons. The molecule has 0 aliphatic heterocycles. The summed E-state index contributed by atoms with van der Waals surface area (Å²) in [5.74, 6) is 0. The molecule has 1 aromatic heterocycles. The Morgan fingerprint density at radius 3 is 2.78 bits per heavy atom. The van der Waals surface area contributed by atoms with Crippen molar-refractivity contribution in [1.82, 2.24) is 4.98 Å². The number of aromatic nitrogens is 1. The summed E-state index contributed by atoms with van der Waals surface area (Å²) in [7, 11) is 0. The van der Waals surface area contributed by atoms with Crippen molar-refractivity contribution >= 4 is 44.8 Å². The van der Waals surface area contributed by atoms with Crippen LogP contribution in [0, 0.1) is 6.92 Å². The highest BCUT2D eigenvalue weighted by Gasteiger charge is 2.05. The Morgan fingerprint density at radius 1 is 1.28 bits per heavy atom. The fourth-order valence-corrected chi connectivity index (χ4v) is 2.47. The van der Waals surface area contributed by atoms with Crippen molar-refractivity contribution in [3.63, 3.8) is 0 Å². The van der Waals surface area contributed by atoms with Crippen LogP contribution in [-0.2, 0) is 6.54 Å². The quantitative estimate of drug-likeness (QED) is 0.839. The van der Waals surface area contributed by atoms with Gasteiger partial charge >= 0.3 is 0 Å². The number of halogens is 3. The highest BCUT2D eigenvalue weighted by atomic mass is 79.9. The minimum atomic E-state index is 0.624. The van der Waals surface area contributed by atoms with Crippen LogP contribution < -0.4 is 5.32 Å². The third-order valence-electron chi connectivity index (χ3n) is 2.57. The number of benzene rings is 1. The molecule has 0 bridgehead atoms. The maximum absolute atomic E-state index is 6.10. The standard InChI is InChI=1S/C13H11BrCl2N2/c1-8-4-10(14)13(5-11(8)15)18-6-9-2-3-17-7-12(9)16/h2-5,7,18H,6H2,1H3. The molecule has 1 heterocycles. The van der Waals surface area contributed by atoms with Gasteiger partial charge in [0, 0.05) is 28.4 Å². The second-order valence-electron chi connectivity index (χ2n) is 3.90. The summed E-state index contributed by atoms with van der Waals surface area (Å²) in [6.45, 7) is 2.59. The van der Waals surface area contributed by atoms with E-state index in [2.05, 4.69) is 26.2 Å². The van der Waals surface area contributed by atoms with E-state index in [0.29, 0.717) is 11.6 Å². The van der Waals surface area contributed by atoms with Gasteiger partial charge in [-0.1, -0.05) is 23.2 Å². The van der Waals surface area contributed by atoms with E-state index in [1.165, 1.54) is 0 Å². The molecule has 0 saturated carbocycles. The maximum Gasteiger partial charge on any atom is 0.0639 e. The molecule has 5 heteroatoms. The molecule has 1 N–H and O–H groups in total. The lowest BCUT2D eigenvalue weighted by atomic mass is 10.2. The summed E-state index contributed by atoms with van der Waals surface area (Å²) in [4.78, 5) is 3.95. The van der Waals surface area contributed by atoms with Crippen LogP contribution in [-0.4, -0.2) is 4.98 Å². The minimum absolute atomic E-state index is 0.624. The van der Waals surface area contributed by atoms with E-state index in [0.717, 1.165) is 26.3 Å². The molecule has 0 atom stereocenters. The Balaban J connectivity index is 2.16. The zero-order valence-electron chi connectivity index (χ0n) is 9.67. The molecule has 0 fully saturated rings. The Kier molecular flexibility index (Phi) is 4.49. The number of hydrogen-bond donors (Lipinski definition) is 1. The predicted octanol–water partition coefficient (Wildman–Crippen LogP) is 5.07. The normalized spacial score (nSPS) is 10.4. The largest absolute Gasteiger partial charge is 0.380 e. The van der Waals surface area contributed by atoms with Crippen molar-refractivity contribution in [2.45, 2.75) is 13.5 Å². The zero-order valence-corrected chi connectivity index (χ0v) is 12.8. The summed E-state index contributed by atoms with van der Waals surface area (Å²) >= 11 is 15.7. The Bertz CT molecular complexity index is 573. The van der Waals surface area contributed by atoms with Crippen molar-refractivity contribution < 1.29 is 0 Å². The molecule has 0 spiro atoms. The van der Waals surface area contributed by atoms with Crippen molar-refractivity contribution in [3.8, 4) is 0 Å². The van der Waals surface area contributed by atoms with Gasteiger partial charge in [0.25, 0.3) is 0 Å². The van der Waals surface area contributed by atoms with Gasteiger partial charge in [0.05, 0.1) is 10.7 Å². The zero-order chi connectivity index (χ0) is 13.1. The Hall–Kier alpha value is -0.770. The summed E-state index contributed by atoms with van der Waals surface area (Å²) in [5.41, 5.74) is 2.98. The van der Waals surface area contributed by atoms with Crippen molar-refractivity contribution in [2.24, 2.45) is 0 Å². The number of anilines is 1. The van der Waals surface area contributed by atoms with E-state index in [-0.39, 0.29) is 0 Å². The Morgan fingerprint density at radius 2 is 2.06 bits per heavy atom. The predicted molar refractivity (Wildman–Crippen MR) is 80.5 cm³/mol. The highest BCUT2D eigenvalue weighted by molar-refractivity contribution is 9.10. The number of aryl methyl sites for hydroxylation is 1. The monoisotopic (exact) mass is 344 g/mol. The van der Waals surface area contributed by atoms with Gasteiger partial charge in [-0.3, -0.25) is 4.98 Å². The van der Waals surface area contributed by atoms with Crippen LogP contribution in [0.1, 0.15) is 11.1 Å². The SMILES string of the molecule is Cc1cc(Br)c(NCc2ccncc2Cl)cc1Cl. The summed E-state index contributed by atoms with van der Waals surface area (Å²) in [5, 5.41) is 4.68. The molecule has 18 heavy (non-hydrogen) atoms. The molecule has 0 amide bonds. The van der Waals surface area contributed by atoms with Gasteiger partial charge < -0.3 is 5.32 Å². The molecule has 1 aromatic carbocycles. The molecule has 0 unspecified atom stereocenters. The van der Waals surface area contributed by atoms with Crippen LogP contribution in [0.4, 0.5) is 5.69 Å². The van der Waals surface area contributed by atoms with E-state index in [9.17, 15) is 0 Å². The molecule has 0 saturated heterocycles. The van der Waals surface area contributed by atoms with E-state index in [1.807, 2.05) is 25.1 Å². The first-order chi connectivity index (χ1) is 8.58. The highest BCUT2D eigenvalue weighted by Crippen LogP contribution is 2.29. The Labute approximate surface area is 124 Å². The van der Waals surface area contributed by atoms with E-state index in [1.54, 1.807) is 12.4 Å². The summed E-state index contributed by atoms with van der Waals surface area (Å²) in [6, 6.07) is 5.77. The van der Waals surface area contributed by atoms with Gasteiger partial charge in [-0.05, 0) is 52.2 Å². The average molecular weight is 346 g/mol. The fraction of sp³-hybridized carbons (Fsp3) is 0.154. The lowest BCUT2D eigenvalue weighted by Gasteiger charge is -2.11. The van der Waals surface area contributed by atoms with Gasteiger partial charge in [-0.15, -0.1) is 0 Å². The van der Waals surface area contributed by atoms with E-state index in [4.69, 9.17) is 23.2 Å². The van der Waals surface area contributed by atoms with Gasteiger partial charge in [0.1, 0.15) is 0 Å². The first-order valence-corrected chi connectivity index (χ1v) is 6.90. The van der Waals surface area contributed by atoms with Crippen LogP contribution in [0.5, 0.6) is 0 Å². The first kappa shape index (κ1) is 13.7. The molecular formula is C13H11BrCl2N2. The second-order valence-corrected chi connectivity index (χ2v) is 5.57. The summed E-state index contributed by atoms with van der Waals surface area (Å²) < 4.78 is 0.981. The van der Waals surface area contributed by atoms with Crippen LogP contribution >= 0.6 is 39.1 Å². The van der Waals surface area contributed by atoms with E-state index >= 15 is 0 Å². The maximum atomic E-state index is 6.10. The minimum Gasteiger partial charge on any atom is -0.380 e. The smallest absolute Gasteiger partial charge is 0.0639 e. The molecule has 0 radical (unpaired) electrons. The number of rotatable bonds is 3. The van der Waals surface area contributed by atoms with Crippen LogP contribution in [0.15, 0.2) is 35.1 Å². The first-order valence-electron chi connectivity index (χ1n) is 5.36. The van der Waals surface area contributed by atoms with Crippen molar-refractivity contribution in [2.75, 3.05) is 5.32 Å². The molecule has 2 nitrogen and oxygen atoms in total. The summed E-state index contributed by atoms with van der Waals surface area (Å²) in [6.07, 6.45) is 3.36. The molecule has 2 aromatic rings. The number of hydrogen-bond acceptors (Lipinski definition) is 2. The second kappa shape index (κ2) is 5.91. The number of nitrogens with one attached hydrogen (secondary N) is 1. The fourth-order valence-electron chi connectivity index (χ4n) is 1.52. The number of nitrogens with zero attached hydrogens (tertiary/aromatic N) is 1. The topological polar surface area (TPSA) is 24.9 Å². The van der Waals surface area contributed by atoms with E-state index < -0.39 is 0 Å². The lowest BCUT2D eigenvalue weighted by molar-refractivity contribution is 1.12. The molecule has 0 aliphatic carbocycles. The van der Waals surface area contributed by atoms with Gasteiger partial charge in [-0.2, -0.15) is 0 Å². The average Bonchev–Trinajstić information content (AvgIpc) is 2.34. The van der Waals surface area contributed by atoms with Crippen LogP contribution in [0.25, 0.3) is 0 Å².